The molecule has 124 valence electrons. The van der Waals surface area contributed by atoms with Crippen LogP contribution < -0.4 is 0 Å². The van der Waals surface area contributed by atoms with E-state index >= 15 is 0 Å². The summed E-state index contributed by atoms with van der Waals surface area (Å²) in [5.41, 5.74) is 1.89. The topological polar surface area (TPSA) is 63.6 Å². The van der Waals surface area contributed by atoms with Gasteiger partial charge in [0.05, 0.1) is 6.61 Å². The molecule has 0 radical (unpaired) electrons. The Bertz CT molecular complexity index is 673. The third-order valence-corrected chi connectivity index (χ3v) is 2.72. The van der Waals surface area contributed by atoms with Gasteiger partial charge in [0.15, 0.2) is 0 Å². The van der Waals surface area contributed by atoms with Gasteiger partial charge in [-0.3, -0.25) is 0 Å². The number of hydrogen-bond donors (Lipinski definition) is 1. The average Bonchev–Trinajstić information content (AvgIpc) is 2.61. The molecule has 2 aromatic rings. The molecule has 0 aliphatic heterocycles. The van der Waals surface area contributed by atoms with Crippen LogP contribution in [0.15, 0.2) is 72.8 Å². The maximum atomic E-state index is 10.9. The molecule has 0 fully saturated rings. The minimum Gasteiger partial charge on any atom is -0.478 e. The highest BCUT2D eigenvalue weighted by atomic mass is 16.5. The van der Waals surface area contributed by atoms with Crippen molar-refractivity contribution in [3.05, 3.63) is 83.9 Å². The summed E-state index contributed by atoms with van der Waals surface area (Å²) in [5.74, 6) is -1.22. The van der Waals surface area contributed by atoms with Crippen LogP contribution in [0.4, 0.5) is 0 Å². The van der Waals surface area contributed by atoms with Crippen LogP contribution in [0.5, 0.6) is 0 Å². The monoisotopic (exact) mass is 324 g/mol. The van der Waals surface area contributed by atoms with Crippen molar-refractivity contribution in [1.29, 1.82) is 0 Å². The highest BCUT2D eigenvalue weighted by molar-refractivity contribution is 5.87. The molecule has 0 aromatic heterocycles. The SMILES string of the molecule is CCOC(=O)C=Cc1ccccc1.O=C(O)C=Cc1ccccc1. The number of carboxylic acid groups (broad SMARTS) is 1. The first-order valence-electron chi connectivity index (χ1n) is 7.47. The van der Waals surface area contributed by atoms with E-state index in [-0.39, 0.29) is 5.97 Å². The van der Waals surface area contributed by atoms with Crippen LogP contribution in [0.3, 0.4) is 0 Å². The second-order valence-electron chi connectivity index (χ2n) is 4.58. The minimum absolute atomic E-state index is 0.300. The van der Waals surface area contributed by atoms with Crippen LogP contribution in [-0.2, 0) is 14.3 Å². The molecular formula is C20H20O4. The van der Waals surface area contributed by atoms with Gasteiger partial charge in [0, 0.05) is 12.2 Å². The fourth-order valence-corrected chi connectivity index (χ4v) is 1.65. The minimum atomic E-state index is -0.922. The van der Waals surface area contributed by atoms with Crippen LogP contribution in [0.1, 0.15) is 18.1 Å². The molecule has 2 aromatic carbocycles. The van der Waals surface area contributed by atoms with E-state index in [2.05, 4.69) is 0 Å². The second-order valence-corrected chi connectivity index (χ2v) is 4.58. The number of carboxylic acids is 1. The lowest BCUT2D eigenvalue weighted by atomic mass is 10.2. The van der Waals surface area contributed by atoms with Crippen LogP contribution >= 0.6 is 0 Å². The normalized spacial score (nSPS) is 10.2. The summed E-state index contributed by atoms with van der Waals surface area (Å²) >= 11 is 0. The molecule has 0 spiro atoms. The Kier molecular flexibility index (Phi) is 9.01. The van der Waals surface area contributed by atoms with Gasteiger partial charge in [0.1, 0.15) is 0 Å². The molecule has 0 unspecified atom stereocenters. The molecule has 0 atom stereocenters. The van der Waals surface area contributed by atoms with E-state index in [0.717, 1.165) is 17.2 Å². The average molecular weight is 324 g/mol. The van der Waals surface area contributed by atoms with E-state index in [1.54, 1.807) is 19.1 Å². The number of benzene rings is 2. The fourth-order valence-electron chi connectivity index (χ4n) is 1.65. The summed E-state index contributed by atoms with van der Waals surface area (Å²) in [7, 11) is 0. The van der Waals surface area contributed by atoms with Crippen molar-refractivity contribution in [3.8, 4) is 0 Å². The lowest BCUT2D eigenvalue weighted by molar-refractivity contribution is -0.137. The third kappa shape index (κ3) is 9.00. The quantitative estimate of drug-likeness (QED) is 0.666. The van der Waals surface area contributed by atoms with E-state index in [4.69, 9.17) is 9.84 Å². The van der Waals surface area contributed by atoms with Crippen molar-refractivity contribution in [2.24, 2.45) is 0 Å². The zero-order chi connectivity index (χ0) is 17.6. The third-order valence-electron chi connectivity index (χ3n) is 2.72. The Labute approximate surface area is 141 Å². The van der Waals surface area contributed by atoms with Crippen LogP contribution in [0.25, 0.3) is 12.2 Å². The standard InChI is InChI=1S/C11H12O2.C9H8O2/c1-2-13-11(12)9-8-10-6-4-3-5-7-10;10-9(11)7-6-8-4-2-1-3-5-8/h3-9H,2H2,1H3;1-7H,(H,10,11). The molecule has 0 saturated heterocycles. The summed E-state index contributed by atoms with van der Waals surface area (Å²) in [5, 5.41) is 8.29. The van der Waals surface area contributed by atoms with Crippen molar-refractivity contribution in [3.63, 3.8) is 0 Å². The van der Waals surface area contributed by atoms with Crippen molar-refractivity contribution in [1.82, 2.24) is 0 Å². The van der Waals surface area contributed by atoms with Gasteiger partial charge in [-0.2, -0.15) is 0 Å². The summed E-state index contributed by atoms with van der Waals surface area (Å²) in [6, 6.07) is 18.9. The van der Waals surface area contributed by atoms with Gasteiger partial charge in [0.2, 0.25) is 0 Å². The van der Waals surface area contributed by atoms with Gasteiger partial charge in [-0.15, -0.1) is 0 Å². The molecule has 0 heterocycles. The maximum absolute atomic E-state index is 10.9. The second kappa shape index (κ2) is 11.4. The Morgan fingerprint density at radius 2 is 1.33 bits per heavy atom. The van der Waals surface area contributed by atoms with E-state index in [9.17, 15) is 9.59 Å². The van der Waals surface area contributed by atoms with Crippen molar-refractivity contribution >= 4 is 24.1 Å². The number of hydrogen-bond acceptors (Lipinski definition) is 3. The highest BCUT2D eigenvalue weighted by Crippen LogP contribution is 2.01. The Hall–Kier alpha value is -3.14. The Morgan fingerprint density at radius 1 is 0.875 bits per heavy atom. The van der Waals surface area contributed by atoms with Crippen molar-refractivity contribution in [2.45, 2.75) is 6.92 Å². The van der Waals surface area contributed by atoms with Crippen molar-refractivity contribution in [2.75, 3.05) is 6.61 Å². The fraction of sp³-hybridized carbons (Fsp3) is 0.100. The molecule has 2 rings (SSSR count). The Balaban J connectivity index is 0.000000243. The summed E-state index contributed by atoms with van der Waals surface area (Å²) in [4.78, 5) is 21.0. The molecule has 0 aliphatic rings. The van der Waals surface area contributed by atoms with Gasteiger partial charge >= 0.3 is 11.9 Å². The summed E-state index contributed by atoms with van der Waals surface area (Å²) in [6.07, 6.45) is 5.84. The molecule has 0 aliphatic carbocycles. The molecule has 24 heavy (non-hydrogen) atoms. The first kappa shape index (κ1) is 18.9. The van der Waals surface area contributed by atoms with Crippen molar-refractivity contribution < 1.29 is 19.4 Å². The van der Waals surface area contributed by atoms with Crippen LogP contribution in [0, 0.1) is 0 Å². The number of rotatable bonds is 5. The van der Waals surface area contributed by atoms with Gasteiger partial charge in [-0.25, -0.2) is 9.59 Å². The summed E-state index contributed by atoms with van der Waals surface area (Å²) in [6.45, 7) is 2.20. The zero-order valence-electron chi connectivity index (χ0n) is 13.5. The molecule has 4 nitrogen and oxygen atoms in total. The number of ether oxygens (including phenoxy) is 1. The van der Waals surface area contributed by atoms with Crippen LogP contribution in [0.2, 0.25) is 0 Å². The smallest absolute Gasteiger partial charge is 0.330 e. The maximum Gasteiger partial charge on any atom is 0.330 e. The van der Waals surface area contributed by atoms with E-state index < -0.39 is 5.97 Å². The van der Waals surface area contributed by atoms with E-state index in [0.29, 0.717) is 6.61 Å². The largest absolute Gasteiger partial charge is 0.478 e. The molecule has 1 N–H and O–H groups in total. The number of carbonyl (C=O) groups is 2. The first-order valence-corrected chi connectivity index (χ1v) is 7.47. The number of aliphatic carboxylic acids is 1. The highest BCUT2D eigenvalue weighted by Gasteiger charge is 1.92. The summed E-state index contributed by atoms with van der Waals surface area (Å²) < 4.78 is 4.74. The predicted octanol–water partition coefficient (Wildman–Crippen LogP) is 4.05. The molecule has 0 saturated carbocycles. The zero-order valence-corrected chi connectivity index (χ0v) is 13.5. The van der Waals surface area contributed by atoms with Crippen LogP contribution in [-0.4, -0.2) is 23.7 Å². The van der Waals surface area contributed by atoms with E-state index in [1.165, 1.54) is 6.08 Å². The van der Waals surface area contributed by atoms with Gasteiger partial charge in [0.25, 0.3) is 0 Å². The first-order chi connectivity index (χ1) is 11.6. The molecule has 0 bridgehead atoms. The number of carbonyl (C=O) groups excluding carboxylic acids is 1. The van der Waals surface area contributed by atoms with Gasteiger partial charge in [-0.05, 0) is 30.2 Å². The predicted molar refractivity (Wildman–Crippen MR) is 95.2 cm³/mol. The lowest BCUT2D eigenvalue weighted by Gasteiger charge is -1.94. The van der Waals surface area contributed by atoms with Gasteiger partial charge in [-0.1, -0.05) is 60.7 Å². The Morgan fingerprint density at radius 3 is 1.75 bits per heavy atom. The molecular weight excluding hydrogens is 304 g/mol. The number of esters is 1. The van der Waals surface area contributed by atoms with Gasteiger partial charge < -0.3 is 9.84 Å². The molecule has 0 amide bonds. The van der Waals surface area contributed by atoms with E-state index in [1.807, 2.05) is 60.7 Å². The lowest BCUT2D eigenvalue weighted by Crippen LogP contribution is -1.98. The molecule has 4 heteroatoms.